The molecule has 0 radical (unpaired) electrons. The Balaban J connectivity index is 1.87. The van der Waals surface area contributed by atoms with Crippen LogP contribution < -0.4 is 0 Å². The normalized spacial score (nSPS) is 11.0. The van der Waals surface area contributed by atoms with Gasteiger partial charge >= 0.3 is 0 Å². The van der Waals surface area contributed by atoms with Gasteiger partial charge in [0.1, 0.15) is 11.4 Å². The summed E-state index contributed by atoms with van der Waals surface area (Å²) in [6.45, 7) is 1.55. The number of H-pyrrole nitrogens is 1. The van der Waals surface area contributed by atoms with Gasteiger partial charge in [-0.15, -0.1) is 10.2 Å². The van der Waals surface area contributed by atoms with Crippen molar-refractivity contribution in [2.24, 2.45) is 0 Å². The fourth-order valence-electron chi connectivity index (χ4n) is 1.69. The first-order valence-corrected chi connectivity index (χ1v) is 6.75. The van der Waals surface area contributed by atoms with E-state index in [2.05, 4.69) is 15.2 Å². The van der Waals surface area contributed by atoms with E-state index in [4.69, 9.17) is 4.42 Å². The number of carbonyl (C=O) groups is 1. The SMILES string of the molecule is CC(=O)CSc1nnc(-c2cc3ccccc3o2)[nH]1. The summed E-state index contributed by atoms with van der Waals surface area (Å²) in [6.07, 6.45) is 0. The van der Waals surface area contributed by atoms with Crippen LogP contribution in [0.15, 0.2) is 39.9 Å². The second kappa shape index (κ2) is 4.89. The molecule has 0 aliphatic rings. The predicted molar refractivity (Wildman–Crippen MR) is 73.0 cm³/mol. The van der Waals surface area contributed by atoms with Crippen LogP contribution in [-0.4, -0.2) is 26.7 Å². The van der Waals surface area contributed by atoms with Gasteiger partial charge in [0.15, 0.2) is 16.7 Å². The van der Waals surface area contributed by atoms with Gasteiger partial charge < -0.3 is 9.40 Å². The van der Waals surface area contributed by atoms with E-state index in [0.29, 0.717) is 22.5 Å². The van der Waals surface area contributed by atoms with Crippen LogP contribution in [0.25, 0.3) is 22.6 Å². The number of hydrogen-bond acceptors (Lipinski definition) is 5. The first kappa shape index (κ1) is 12.0. The molecule has 0 unspecified atom stereocenters. The third kappa shape index (κ3) is 2.53. The molecule has 1 aromatic carbocycles. The summed E-state index contributed by atoms with van der Waals surface area (Å²) in [5.41, 5.74) is 0.812. The van der Waals surface area contributed by atoms with Crippen molar-refractivity contribution in [1.82, 2.24) is 15.2 Å². The van der Waals surface area contributed by atoms with Gasteiger partial charge in [-0.1, -0.05) is 30.0 Å². The molecule has 0 amide bonds. The number of benzene rings is 1. The molecular weight excluding hydrogens is 262 g/mol. The minimum atomic E-state index is 0.103. The van der Waals surface area contributed by atoms with E-state index in [0.717, 1.165) is 11.0 Å². The molecule has 0 spiro atoms. The number of carbonyl (C=O) groups excluding carboxylic acids is 1. The van der Waals surface area contributed by atoms with Crippen LogP contribution >= 0.6 is 11.8 Å². The number of fused-ring (bicyclic) bond motifs is 1. The zero-order valence-corrected chi connectivity index (χ0v) is 11.0. The van der Waals surface area contributed by atoms with Crippen molar-refractivity contribution in [3.05, 3.63) is 30.3 Å². The van der Waals surface area contributed by atoms with Crippen LogP contribution in [0.2, 0.25) is 0 Å². The van der Waals surface area contributed by atoms with Gasteiger partial charge in [-0.05, 0) is 19.1 Å². The number of ketones is 1. The molecule has 0 aliphatic heterocycles. The second-order valence-electron chi connectivity index (χ2n) is 4.12. The Bertz CT molecular complexity index is 699. The quantitative estimate of drug-likeness (QED) is 0.740. The summed E-state index contributed by atoms with van der Waals surface area (Å²) >= 11 is 1.33. The number of rotatable bonds is 4. The molecule has 3 rings (SSSR count). The summed E-state index contributed by atoms with van der Waals surface area (Å²) < 4.78 is 5.68. The molecule has 0 bridgehead atoms. The van der Waals surface area contributed by atoms with E-state index < -0.39 is 0 Å². The standard InChI is InChI=1S/C13H11N3O2S/c1-8(17)7-19-13-14-12(15-16-13)11-6-9-4-2-3-5-10(9)18-11/h2-6H,7H2,1H3,(H,14,15,16). The van der Waals surface area contributed by atoms with Crippen LogP contribution in [0, 0.1) is 0 Å². The second-order valence-corrected chi connectivity index (χ2v) is 5.08. The summed E-state index contributed by atoms with van der Waals surface area (Å²) in [7, 11) is 0. The first-order valence-electron chi connectivity index (χ1n) is 5.76. The third-order valence-electron chi connectivity index (χ3n) is 2.54. The molecular formula is C13H11N3O2S. The number of nitrogens with one attached hydrogen (secondary N) is 1. The predicted octanol–water partition coefficient (Wildman–Crippen LogP) is 2.90. The van der Waals surface area contributed by atoms with Crippen molar-refractivity contribution in [2.45, 2.75) is 12.1 Å². The minimum Gasteiger partial charge on any atom is -0.453 e. The van der Waals surface area contributed by atoms with Crippen molar-refractivity contribution >= 4 is 28.5 Å². The zero-order chi connectivity index (χ0) is 13.2. The van der Waals surface area contributed by atoms with Crippen molar-refractivity contribution < 1.29 is 9.21 Å². The van der Waals surface area contributed by atoms with Crippen LogP contribution in [0.4, 0.5) is 0 Å². The average Bonchev–Trinajstić information content (AvgIpc) is 3.02. The molecule has 0 fully saturated rings. The van der Waals surface area contributed by atoms with E-state index in [-0.39, 0.29) is 5.78 Å². The fraction of sp³-hybridized carbons (Fsp3) is 0.154. The molecule has 19 heavy (non-hydrogen) atoms. The van der Waals surface area contributed by atoms with Gasteiger partial charge in [-0.3, -0.25) is 4.79 Å². The van der Waals surface area contributed by atoms with Crippen molar-refractivity contribution in [3.63, 3.8) is 0 Å². The molecule has 5 nitrogen and oxygen atoms in total. The van der Waals surface area contributed by atoms with Crippen molar-refractivity contribution in [1.29, 1.82) is 0 Å². The Morgan fingerprint density at radius 3 is 3.00 bits per heavy atom. The number of para-hydroxylation sites is 1. The van der Waals surface area contributed by atoms with E-state index >= 15 is 0 Å². The summed E-state index contributed by atoms with van der Waals surface area (Å²) in [4.78, 5) is 14.0. The van der Waals surface area contributed by atoms with Gasteiger partial charge in [0.05, 0.1) is 5.75 Å². The lowest BCUT2D eigenvalue weighted by atomic mass is 10.2. The average molecular weight is 273 g/mol. The zero-order valence-electron chi connectivity index (χ0n) is 10.2. The molecule has 2 heterocycles. The van der Waals surface area contributed by atoms with E-state index in [1.807, 2.05) is 30.3 Å². The molecule has 0 saturated heterocycles. The summed E-state index contributed by atoms with van der Waals surface area (Å²) in [5.74, 6) is 1.70. The number of thioether (sulfide) groups is 1. The molecule has 96 valence electrons. The van der Waals surface area contributed by atoms with E-state index in [1.165, 1.54) is 11.8 Å². The Labute approximate surface area is 113 Å². The van der Waals surface area contributed by atoms with Gasteiger partial charge in [0.25, 0.3) is 0 Å². The molecule has 3 aromatic rings. The van der Waals surface area contributed by atoms with Gasteiger partial charge in [-0.2, -0.15) is 0 Å². The third-order valence-corrected chi connectivity index (χ3v) is 3.55. The van der Waals surface area contributed by atoms with Gasteiger partial charge in [0, 0.05) is 5.39 Å². The first-order chi connectivity index (χ1) is 9.22. The highest BCUT2D eigenvalue weighted by Gasteiger charge is 2.11. The maximum absolute atomic E-state index is 10.9. The molecule has 0 atom stereocenters. The Morgan fingerprint density at radius 1 is 1.37 bits per heavy atom. The fourth-order valence-corrected chi connectivity index (χ4v) is 2.30. The lowest BCUT2D eigenvalue weighted by molar-refractivity contribution is -0.114. The maximum Gasteiger partial charge on any atom is 0.197 e. The number of nitrogens with zero attached hydrogens (tertiary/aromatic N) is 2. The van der Waals surface area contributed by atoms with E-state index in [1.54, 1.807) is 6.92 Å². The van der Waals surface area contributed by atoms with Crippen LogP contribution in [-0.2, 0) is 4.79 Å². The number of Topliss-reactive ketones (excluding diaryl/α,β-unsaturated/α-hetero) is 1. The van der Waals surface area contributed by atoms with Gasteiger partial charge in [-0.25, -0.2) is 0 Å². The molecule has 0 saturated carbocycles. The Morgan fingerprint density at radius 2 is 2.21 bits per heavy atom. The number of furan rings is 1. The van der Waals surface area contributed by atoms with Crippen LogP contribution in [0.1, 0.15) is 6.92 Å². The topological polar surface area (TPSA) is 71.8 Å². The highest BCUT2D eigenvalue weighted by molar-refractivity contribution is 7.99. The molecule has 0 aliphatic carbocycles. The summed E-state index contributed by atoms with van der Waals surface area (Å²) in [6, 6.07) is 9.67. The lowest BCUT2D eigenvalue weighted by Crippen LogP contribution is -1.93. The molecule has 1 N–H and O–H groups in total. The highest BCUT2D eigenvalue weighted by atomic mass is 32.2. The van der Waals surface area contributed by atoms with Crippen molar-refractivity contribution in [2.75, 3.05) is 5.75 Å². The molecule has 6 heteroatoms. The van der Waals surface area contributed by atoms with Crippen LogP contribution in [0.3, 0.4) is 0 Å². The number of hydrogen-bond donors (Lipinski definition) is 1. The Kier molecular flexibility index (Phi) is 3.08. The number of aromatic amines is 1. The Hall–Kier alpha value is -2.08. The lowest BCUT2D eigenvalue weighted by Gasteiger charge is -1.90. The van der Waals surface area contributed by atoms with E-state index in [9.17, 15) is 4.79 Å². The van der Waals surface area contributed by atoms with Gasteiger partial charge in [0.2, 0.25) is 0 Å². The monoisotopic (exact) mass is 273 g/mol. The van der Waals surface area contributed by atoms with Crippen molar-refractivity contribution in [3.8, 4) is 11.6 Å². The van der Waals surface area contributed by atoms with Crippen LogP contribution in [0.5, 0.6) is 0 Å². The largest absolute Gasteiger partial charge is 0.453 e. The highest BCUT2D eigenvalue weighted by Crippen LogP contribution is 2.26. The molecule has 2 aromatic heterocycles. The number of aromatic nitrogens is 3. The smallest absolute Gasteiger partial charge is 0.197 e. The maximum atomic E-state index is 10.9. The minimum absolute atomic E-state index is 0.103. The summed E-state index contributed by atoms with van der Waals surface area (Å²) in [5, 5.41) is 9.64.